The Bertz CT molecular complexity index is 624. The number of carbonyl (C=O) groups excluding carboxylic acids is 2. The number of hydrogen-bond acceptors (Lipinski definition) is 6. The van der Waals surface area contributed by atoms with Gasteiger partial charge in [0.15, 0.2) is 6.61 Å². The van der Waals surface area contributed by atoms with Crippen molar-refractivity contribution in [3.8, 4) is 0 Å². The van der Waals surface area contributed by atoms with Crippen LogP contribution in [0, 0.1) is 10.1 Å². The summed E-state index contributed by atoms with van der Waals surface area (Å²) in [6, 6.07) is 6.28. The molecule has 7 nitrogen and oxygen atoms in total. The Kier molecular flexibility index (Phi) is 6.81. The number of esters is 1. The highest BCUT2D eigenvalue weighted by molar-refractivity contribution is 8.00. The minimum Gasteiger partial charge on any atom is -0.455 e. The van der Waals surface area contributed by atoms with Crippen LogP contribution in [0.3, 0.4) is 0 Å². The van der Waals surface area contributed by atoms with E-state index in [4.69, 9.17) is 4.74 Å². The molecule has 1 heterocycles. The van der Waals surface area contributed by atoms with Crippen LogP contribution in [0.25, 0.3) is 0 Å². The first-order valence-electron chi connectivity index (χ1n) is 8.22. The summed E-state index contributed by atoms with van der Waals surface area (Å²) in [5.41, 5.74) is 0.00212. The van der Waals surface area contributed by atoms with Gasteiger partial charge in [0.05, 0.1) is 10.7 Å². The average Bonchev–Trinajstić information content (AvgIpc) is 2.58. The molecule has 8 heteroatoms. The van der Waals surface area contributed by atoms with Gasteiger partial charge >= 0.3 is 5.97 Å². The summed E-state index contributed by atoms with van der Waals surface area (Å²) in [4.78, 5) is 36.7. The zero-order chi connectivity index (χ0) is 18.4. The molecule has 0 radical (unpaired) electrons. The lowest BCUT2D eigenvalue weighted by Gasteiger charge is -2.38. The van der Waals surface area contributed by atoms with Crippen LogP contribution in [-0.4, -0.2) is 46.1 Å². The minimum absolute atomic E-state index is 0.00212. The van der Waals surface area contributed by atoms with Crippen molar-refractivity contribution in [2.24, 2.45) is 0 Å². The van der Waals surface area contributed by atoms with Crippen molar-refractivity contribution in [1.29, 1.82) is 0 Å². The third kappa shape index (κ3) is 5.45. The van der Waals surface area contributed by atoms with Gasteiger partial charge in [-0.1, -0.05) is 0 Å². The summed E-state index contributed by atoms with van der Waals surface area (Å²) in [5.74, 6) is -0.585. The van der Waals surface area contributed by atoms with Crippen LogP contribution in [-0.2, 0) is 14.3 Å². The average molecular weight is 366 g/mol. The Hall–Kier alpha value is -2.09. The van der Waals surface area contributed by atoms with Gasteiger partial charge in [-0.3, -0.25) is 19.7 Å². The molecule has 1 aromatic rings. The maximum absolute atomic E-state index is 12.3. The van der Waals surface area contributed by atoms with Crippen molar-refractivity contribution < 1.29 is 19.2 Å². The lowest BCUT2D eigenvalue weighted by molar-refractivity contribution is -0.384. The number of nitro benzene ring substituents is 1. The van der Waals surface area contributed by atoms with Crippen molar-refractivity contribution in [3.63, 3.8) is 0 Å². The zero-order valence-corrected chi connectivity index (χ0v) is 15.2. The Morgan fingerprint density at radius 3 is 2.40 bits per heavy atom. The van der Waals surface area contributed by atoms with Gasteiger partial charge < -0.3 is 9.64 Å². The molecular formula is C17H22N2O5S. The molecule has 1 aliphatic rings. The Labute approximate surface area is 150 Å². The Balaban J connectivity index is 1.76. The van der Waals surface area contributed by atoms with Crippen molar-refractivity contribution in [2.75, 3.05) is 12.4 Å². The summed E-state index contributed by atoms with van der Waals surface area (Å²) in [6.45, 7) is 3.79. The van der Waals surface area contributed by atoms with Crippen molar-refractivity contribution in [2.45, 2.75) is 50.1 Å². The number of benzene rings is 1. The molecule has 25 heavy (non-hydrogen) atoms. The molecule has 0 aliphatic carbocycles. The van der Waals surface area contributed by atoms with E-state index in [9.17, 15) is 19.7 Å². The first-order chi connectivity index (χ1) is 11.9. The number of nitrogens with zero attached hydrogens (tertiary/aromatic N) is 2. The van der Waals surface area contributed by atoms with Gasteiger partial charge in [-0.05, 0) is 45.2 Å². The van der Waals surface area contributed by atoms with E-state index in [-0.39, 0.29) is 36.0 Å². The number of thioether (sulfide) groups is 1. The van der Waals surface area contributed by atoms with Crippen LogP contribution in [0.15, 0.2) is 29.2 Å². The summed E-state index contributed by atoms with van der Waals surface area (Å²) >= 11 is 1.22. The number of hydrogen-bond donors (Lipinski definition) is 0. The number of non-ortho nitro benzene ring substituents is 1. The minimum atomic E-state index is -0.478. The third-order valence-electron chi connectivity index (χ3n) is 4.24. The monoisotopic (exact) mass is 366 g/mol. The molecule has 2 rings (SSSR count). The van der Waals surface area contributed by atoms with Gasteiger partial charge in [0.1, 0.15) is 0 Å². The number of likely N-dealkylation sites (tertiary alicyclic amines) is 1. The molecule has 0 aromatic heterocycles. The fraction of sp³-hybridized carbons (Fsp3) is 0.529. The Morgan fingerprint density at radius 1 is 1.24 bits per heavy atom. The van der Waals surface area contributed by atoms with Crippen molar-refractivity contribution in [3.05, 3.63) is 34.4 Å². The molecule has 1 aliphatic heterocycles. The van der Waals surface area contributed by atoms with Crippen LogP contribution in [0.2, 0.25) is 0 Å². The summed E-state index contributed by atoms with van der Waals surface area (Å²) in [5, 5.41) is 10.6. The summed E-state index contributed by atoms with van der Waals surface area (Å²) in [7, 11) is 0. The predicted octanol–water partition coefficient (Wildman–Crippen LogP) is 3.02. The van der Waals surface area contributed by atoms with Crippen LogP contribution >= 0.6 is 11.8 Å². The lowest BCUT2D eigenvalue weighted by Crippen LogP contribution is -2.49. The molecule has 0 saturated carbocycles. The number of ether oxygens (including phenoxy) is 1. The number of carbonyl (C=O) groups is 2. The van der Waals surface area contributed by atoms with Crippen molar-refractivity contribution >= 4 is 29.3 Å². The van der Waals surface area contributed by atoms with Crippen LogP contribution < -0.4 is 0 Å². The molecule has 1 amide bonds. The van der Waals surface area contributed by atoms with Crippen LogP contribution in [0.5, 0.6) is 0 Å². The van der Waals surface area contributed by atoms with Gasteiger partial charge in [0.25, 0.3) is 11.6 Å². The highest BCUT2D eigenvalue weighted by atomic mass is 32.2. The summed E-state index contributed by atoms with van der Waals surface area (Å²) < 4.78 is 5.08. The normalized spacial score (nSPS) is 20.2. The maximum Gasteiger partial charge on any atom is 0.316 e. The highest BCUT2D eigenvalue weighted by Gasteiger charge is 2.29. The van der Waals surface area contributed by atoms with Crippen LogP contribution in [0.4, 0.5) is 5.69 Å². The highest BCUT2D eigenvalue weighted by Crippen LogP contribution is 2.23. The van der Waals surface area contributed by atoms with Crippen LogP contribution in [0.1, 0.15) is 33.1 Å². The van der Waals surface area contributed by atoms with E-state index in [0.29, 0.717) is 0 Å². The molecule has 0 unspecified atom stereocenters. The molecule has 1 aromatic carbocycles. The first-order valence-corrected chi connectivity index (χ1v) is 9.21. The van der Waals surface area contributed by atoms with Gasteiger partial charge in [-0.15, -0.1) is 11.8 Å². The fourth-order valence-electron chi connectivity index (χ4n) is 2.98. The first kappa shape index (κ1) is 19.2. The lowest BCUT2D eigenvalue weighted by atomic mass is 9.97. The van der Waals surface area contributed by atoms with E-state index in [1.54, 1.807) is 17.0 Å². The van der Waals surface area contributed by atoms with E-state index < -0.39 is 10.9 Å². The zero-order valence-electron chi connectivity index (χ0n) is 14.3. The van der Waals surface area contributed by atoms with Crippen molar-refractivity contribution in [1.82, 2.24) is 4.90 Å². The molecule has 1 saturated heterocycles. The molecule has 136 valence electrons. The second-order valence-corrected chi connectivity index (χ2v) is 7.18. The number of rotatable bonds is 6. The van der Waals surface area contributed by atoms with E-state index in [1.807, 2.05) is 13.8 Å². The summed E-state index contributed by atoms with van der Waals surface area (Å²) in [6.07, 6.45) is 3.05. The van der Waals surface area contributed by atoms with E-state index >= 15 is 0 Å². The fourth-order valence-corrected chi connectivity index (χ4v) is 3.67. The largest absolute Gasteiger partial charge is 0.455 e. The second-order valence-electron chi connectivity index (χ2n) is 6.13. The number of nitro groups is 1. The molecule has 0 bridgehead atoms. The molecule has 0 spiro atoms. The van der Waals surface area contributed by atoms with Gasteiger partial charge in [0.2, 0.25) is 0 Å². The number of piperidine rings is 1. The smallest absolute Gasteiger partial charge is 0.316 e. The van der Waals surface area contributed by atoms with Gasteiger partial charge in [-0.25, -0.2) is 0 Å². The quantitative estimate of drug-likeness (QED) is 0.333. The SMILES string of the molecule is C[C@@H]1CCC[C@H](C)N1C(=O)COC(=O)CSc1ccc([N+](=O)[O-])cc1. The molecule has 1 fully saturated rings. The molecular weight excluding hydrogens is 344 g/mol. The van der Waals surface area contributed by atoms with Gasteiger partial charge in [-0.2, -0.15) is 0 Å². The van der Waals surface area contributed by atoms with E-state index in [1.165, 1.54) is 23.9 Å². The van der Waals surface area contributed by atoms with E-state index in [2.05, 4.69) is 0 Å². The van der Waals surface area contributed by atoms with E-state index in [0.717, 1.165) is 24.2 Å². The topological polar surface area (TPSA) is 89.8 Å². The number of amides is 1. The molecule has 0 N–H and O–H groups in total. The molecule has 2 atom stereocenters. The van der Waals surface area contributed by atoms with Gasteiger partial charge in [0, 0.05) is 29.1 Å². The third-order valence-corrected chi connectivity index (χ3v) is 5.23. The second kappa shape index (κ2) is 8.84. The standard InChI is InChI=1S/C17H22N2O5S/c1-12-4-3-5-13(2)18(12)16(20)10-24-17(21)11-25-15-8-6-14(7-9-15)19(22)23/h6-9,12-13H,3-5,10-11H2,1-2H3/t12-,13+. The Morgan fingerprint density at radius 2 is 1.84 bits per heavy atom. The predicted molar refractivity (Wildman–Crippen MR) is 94.4 cm³/mol. The maximum atomic E-state index is 12.3.